The van der Waals surface area contributed by atoms with E-state index in [1.807, 2.05) is 12.1 Å². The molecule has 2 heterocycles. The fourth-order valence-electron chi connectivity index (χ4n) is 6.17. The number of benzene rings is 1. The van der Waals surface area contributed by atoms with Gasteiger partial charge in [-0.25, -0.2) is 8.42 Å². The zero-order valence-electron chi connectivity index (χ0n) is 20.3. The highest BCUT2D eigenvalue weighted by Gasteiger charge is 2.34. The maximum Gasteiger partial charge on any atom is 0.243 e. The molecule has 0 unspecified atom stereocenters. The van der Waals surface area contributed by atoms with Crippen molar-refractivity contribution >= 4 is 26.8 Å². The van der Waals surface area contributed by atoms with Gasteiger partial charge >= 0.3 is 0 Å². The van der Waals surface area contributed by atoms with E-state index in [1.165, 1.54) is 56.2 Å². The summed E-state index contributed by atoms with van der Waals surface area (Å²) in [6.45, 7) is 0.767. The van der Waals surface area contributed by atoms with Crippen LogP contribution in [-0.4, -0.2) is 42.7 Å². The topological polar surface area (TPSA) is 82.3 Å². The Morgan fingerprint density at radius 3 is 2.47 bits per heavy atom. The summed E-state index contributed by atoms with van der Waals surface area (Å²) in [5.74, 6) is -0.224. The van der Waals surface area contributed by atoms with Gasteiger partial charge in [-0.15, -0.1) is 0 Å². The Bertz CT molecular complexity index is 1120. The Balaban J connectivity index is 1.31. The molecular formula is C27H39N3O3S. The predicted octanol–water partition coefficient (Wildman–Crippen LogP) is 5.07. The van der Waals surface area contributed by atoms with E-state index in [1.54, 1.807) is 10.4 Å². The van der Waals surface area contributed by atoms with Crippen molar-refractivity contribution in [2.75, 3.05) is 13.1 Å². The van der Waals surface area contributed by atoms with Crippen molar-refractivity contribution in [2.24, 2.45) is 5.92 Å². The molecule has 6 nitrogen and oxygen atoms in total. The lowest BCUT2D eigenvalue weighted by Crippen LogP contribution is -2.47. The molecule has 3 aliphatic rings. The van der Waals surface area contributed by atoms with Crippen molar-refractivity contribution in [3.8, 4) is 0 Å². The number of carbonyl (C=O) groups excluding carboxylic acids is 1. The van der Waals surface area contributed by atoms with Gasteiger partial charge < -0.3 is 10.3 Å². The maximum atomic E-state index is 13.6. The van der Waals surface area contributed by atoms with Crippen molar-refractivity contribution < 1.29 is 13.2 Å². The van der Waals surface area contributed by atoms with Gasteiger partial charge in [-0.3, -0.25) is 4.79 Å². The van der Waals surface area contributed by atoms with Gasteiger partial charge in [-0.2, -0.15) is 4.31 Å². The van der Waals surface area contributed by atoms with E-state index in [0.29, 0.717) is 11.4 Å². The van der Waals surface area contributed by atoms with E-state index in [0.717, 1.165) is 55.8 Å². The van der Waals surface area contributed by atoms with Crippen molar-refractivity contribution in [3.05, 3.63) is 29.5 Å². The monoisotopic (exact) mass is 485 g/mol. The lowest BCUT2D eigenvalue weighted by Gasteiger charge is -2.32. The van der Waals surface area contributed by atoms with Crippen LogP contribution in [0.3, 0.4) is 0 Å². The van der Waals surface area contributed by atoms with Crippen molar-refractivity contribution in [2.45, 2.75) is 101 Å². The van der Waals surface area contributed by atoms with Crippen LogP contribution in [0.5, 0.6) is 0 Å². The predicted molar refractivity (Wildman–Crippen MR) is 135 cm³/mol. The minimum absolute atomic E-state index is 0.0388. The van der Waals surface area contributed by atoms with Crippen LogP contribution in [0.4, 0.5) is 0 Å². The van der Waals surface area contributed by atoms with Gasteiger partial charge in [0.1, 0.15) is 0 Å². The summed E-state index contributed by atoms with van der Waals surface area (Å²) in [6.07, 6.45) is 15.3. The molecule has 5 rings (SSSR count). The lowest BCUT2D eigenvalue weighted by atomic mass is 9.94. The number of H-pyrrole nitrogens is 1. The molecule has 7 heteroatoms. The average molecular weight is 486 g/mol. The molecule has 186 valence electrons. The second-order valence-electron chi connectivity index (χ2n) is 10.6. The Kier molecular flexibility index (Phi) is 7.30. The highest BCUT2D eigenvalue weighted by molar-refractivity contribution is 7.89. The summed E-state index contributed by atoms with van der Waals surface area (Å²) in [5, 5.41) is 4.31. The molecule has 2 fully saturated rings. The number of aromatic nitrogens is 1. The lowest BCUT2D eigenvalue weighted by molar-refractivity contribution is -0.126. The first-order chi connectivity index (χ1) is 16.5. The first-order valence-corrected chi connectivity index (χ1v) is 14.9. The molecular weight excluding hydrogens is 446 g/mol. The van der Waals surface area contributed by atoms with E-state index >= 15 is 0 Å². The Morgan fingerprint density at radius 1 is 0.912 bits per heavy atom. The highest BCUT2D eigenvalue weighted by atomic mass is 32.2. The normalized spacial score (nSPS) is 23.6. The summed E-state index contributed by atoms with van der Waals surface area (Å²) in [6, 6.07) is 5.75. The molecule has 2 aromatic rings. The number of fused-ring (bicyclic) bond motifs is 3. The molecule has 0 spiro atoms. The van der Waals surface area contributed by atoms with Gasteiger partial charge in [0.25, 0.3) is 0 Å². The number of sulfonamides is 1. The molecule has 1 amide bonds. The van der Waals surface area contributed by atoms with Gasteiger partial charge in [-0.05, 0) is 75.1 Å². The smallest absolute Gasteiger partial charge is 0.243 e. The minimum atomic E-state index is -3.64. The minimum Gasteiger partial charge on any atom is -0.358 e. The zero-order chi connectivity index (χ0) is 23.5. The van der Waals surface area contributed by atoms with Crippen LogP contribution in [0.15, 0.2) is 23.1 Å². The van der Waals surface area contributed by atoms with E-state index in [2.05, 4.69) is 10.3 Å². The van der Waals surface area contributed by atoms with E-state index < -0.39 is 10.0 Å². The van der Waals surface area contributed by atoms with E-state index in [-0.39, 0.29) is 24.4 Å². The van der Waals surface area contributed by atoms with Crippen molar-refractivity contribution in [3.63, 3.8) is 0 Å². The molecule has 1 saturated carbocycles. The van der Waals surface area contributed by atoms with Crippen LogP contribution < -0.4 is 5.32 Å². The number of piperidine rings is 1. The molecule has 2 N–H and O–H groups in total. The second kappa shape index (κ2) is 10.4. The summed E-state index contributed by atoms with van der Waals surface area (Å²) in [4.78, 5) is 16.9. The molecule has 2 aliphatic carbocycles. The molecule has 0 bridgehead atoms. The third-order valence-corrected chi connectivity index (χ3v) is 10.0. The highest BCUT2D eigenvalue weighted by Crippen LogP contribution is 2.32. The maximum absolute atomic E-state index is 13.6. The summed E-state index contributed by atoms with van der Waals surface area (Å²) < 4.78 is 28.8. The zero-order valence-corrected chi connectivity index (χ0v) is 21.1. The van der Waals surface area contributed by atoms with Crippen LogP contribution in [-0.2, 0) is 27.7 Å². The third-order valence-electron chi connectivity index (χ3n) is 8.16. The van der Waals surface area contributed by atoms with Gasteiger partial charge in [0.15, 0.2) is 0 Å². The van der Waals surface area contributed by atoms with Crippen LogP contribution in [0.1, 0.15) is 88.3 Å². The summed E-state index contributed by atoms with van der Waals surface area (Å²) in [5.41, 5.74) is 3.59. The number of aromatic amines is 1. The Morgan fingerprint density at radius 2 is 1.65 bits per heavy atom. The number of aryl methyl sites for hydroxylation is 2. The first-order valence-electron chi connectivity index (χ1n) is 13.5. The first kappa shape index (κ1) is 23.9. The van der Waals surface area contributed by atoms with Crippen LogP contribution in [0, 0.1) is 5.92 Å². The van der Waals surface area contributed by atoms with E-state index in [9.17, 15) is 13.2 Å². The molecule has 1 atom stereocenters. The standard InChI is InChI=1S/C27H39N3O3S/c31-27(28-21-11-5-2-1-3-6-12-21)20-10-9-17-30(19-20)34(32,33)22-15-16-26-24(18-22)23-13-7-4-8-14-25(23)29-26/h15-16,18,20-21,29H,1-14,17,19H2,(H,28,31)/t20-/m1/s1. The van der Waals surface area contributed by atoms with Gasteiger partial charge in [0.2, 0.25) is 15.9 Å². The molecule has 1 aliphatic heterocycles. The Labute approximate surface area is 203 Å². The fourth-order valence-corrected chi connectivity index (χ4v) is 7.72. The van der Waals surface area contributed by atoms with Gasteiger partial charge in [0, 0.05) is 35.7 Å². The number of amides is 1. The SMILES string of the molecule is O=C(NC1CCCCCCC1)[C@@H]1CCCN(S(=O)(=O)c2ccc3[nH]c4c(c3c2)CCCCC4)C1. The fraction of sp³-hybridized carbons (Fsp3) is 0.667. The van der Waals surface area contributed by atoms with Crippen molar-refractivity contribution in [1.29, 1.82) is 0 Å². The van der Waals surface area contributed by atoms with Crippen LogP contribution >= 0.6 is 0 Å². The number of nitrogens with one attached hydrogen (secondary N) is 2. The Hall–Kier alpha value is -1.86. The second-order valence-corrected chi connectivity index (χ2v) is 12.5. The molecule has 1 aromatic carbocycles. The molecule has 0 radical (unpaired) electrons. The van der Waals surface area contributed by atoms with Gasteiger partial charge in [0.05, 0.1) is 10.8 Å². The summed E-state index contributed by atoms with van der Waals surface area (Å²) in [7, 11) is -3.64. The van der Waals surface area contributed by atoms with Crippen LogP contribution in [0.25, 0.3) is 10.9 Å². The molecule has 1 aromatic heterocycles. The largest absolute Gasteiger partial charge is 0.358 e. The molecule has 34 heavy (non-hydrogen) atoms. The third kappa shape index (κ3) is 5.06. The van der Waals surface area contributed by atoms with E-state index in [4.69, 9.17) is 0 Å². The number of hydrogen-bond donors (Lipinski definition) is 2. The molecule has 1 saturated heterocycles. The summed E-state index contributed by atoms with van der Waals surface area (Å²) >= 11 is 0. The number of rotatable bonds is 4. The van der Waals surface area contributed by atoms with Crippen molar-refractivity contribution in [1.82, 2.24) is 14.6 Å². The average Bonchev–Trinajstić information content (AvgIpc) is 3.00. The number of nitrogens with zero attached hydrogens (tertiary/aromatic N) is 1. The number of carbonyl (C=O) groups is 1. The van der Waals surface area contributed by atoms with Gasteiger partial charge in [-0.1, -0.05) is 38.5 Å². The number of hydrogen-bond acceptors (Lipinski definition) is 3. The van der Waals surface area contributed by atoms with Crippen LogP contribution in [0.2, 0.25) is 0 Å². The quantitative estimate of drug-likeness (QED) is 0.594.